The molecule has 3 N–H and O–H groups in total. The number of carbonyl (C=O) groups excluding carboxylic acids is 1. The molecule has 0 radical (unpaired) electrons. The van der Waals surface area contributed by atoms with Crippen LogP contribution in [0.5, 0.6) is 0 Å². The highest BCUT2D eigenvalue weighted by atomic mass is 19.4. The highest BCUT2D eigenvalue weighted by molar-refractivity contribution is 5.91. The second kappa shape index (κ2) is 8.04. The maximum atomic E-state index is 12.9. The molecule has 1 aromatic heterocycles. The van der Waals surface area contributed by atoms with E-state index in [0.29, 0.717) is 11.4 Å². The summed E-state index contributed by atoms with van der Waals surface area (Å²) in [6.45, 7) is 3.04. The summed E-state index contributed by atoms with van der Waals surface area (Å²) in [4.78, 5) is 22.7. The van der Waals surface area contributed by atoms with Crippen molar-refractivity contribution in [1.29, 1.82) is 0 Å². The number of aryl methyl sites for hydroxylation is 1. The molecule has 1 amide bonds. The first kappa shape index (κ1) is 19.9. The fourth-order valence-electron chi connectivity index (χ4n) is 3.35. The van der Waals surface area contributed by atoms with Gasteiger partial charge < -0.3 is 16.0 Å². The van der Waals surface area contributed by atoms with Gasteiger partial charge in [-0.2, -0.15) is 13.2 Å². The number of piperidine rings is 1. The number of nitrogens with one attached hydrogen (secondary N) is 1. The summed E-state index contributed by atoms with van der Waals surface area (Å²) in [6, 6.07) is 3.56. The molecule has 1 aliphatic rings. The lowest BCUT2D eigenvalue weighted by molar-refractivity contribution is -0.137. The average molecular weight is 393 g/mol. The SMILES string of the molecule is Cc1cc(NC(=O)CC2CCN(c3cnc(N)cn3)CC2)cc(C(F)(F)F)c1. The molecule has 0 spiro atoms. The topological polar surface area (TPSA) is 84.1 Å². The predicted molar refractivity (Wildman–Crippen MR) is 101 cm³/mol. The van der Waals surface area contributed by atoms with Crippen LogP contribution in [0.3, 0.4) is 0 Å². The number of carbonyl (C=O) groups is 1. The molecule has 0 unspecified atom stereocenters. The van der Waals surface area contributed by atoms with Gasteiger partial charge in [-0.15, -0.1) is 0 Å². The Morgan fingerprint density at radius 2 is 1.93 bits per heavy atom. The van der Waals surface area contributed by atoms with E-state index in [9.17, 15) is 18.0 Å². The second-order valence-electron chi connectivity index (χ2n) is 7.07. The zero-order valence-electron chi connectivity index (χ0n) is 15.5. The lowest BCUT2D eigenvalue weighted by Crippen LogP contribution is -2.35. The number of amides is 1. The molecule has 6 nitrogen and oxygen atoms in total. The molecule has 2 heterocycles. The van der Waals surface area contributed by atoms with E-state index < -0.39 is 11.7 Å². The van der Waals surface area contributed by atoms with Crippen molar-refractivity contribution in [3.63, 3.8) is 0 Å². The molecule has 1 saturated heterocycles. The Kier molecular flexibility index (Phi) is 5.71. The molecular formula is C19H22F3N5O. The van der Waals surface area contributed by atoms with Gasteiger partial charge in [0.2, 0.25) is 5.91 Å². The number of anilines is 3. The summed E-state index contributed by atoms with van der Waals surface area (Å²) in [5, 5.41) is 2.60. The number of rotatable bonds is 4. The largest absolute Gasteiger partial charge is 0.416 e. The number of halogens is 3. The molecule has 0 atom stereocenters. The van der Waals surface area contributed by atoms with E-state index in [1.54, 1.807) is 13.1 Å². The number of alkyl halides is 3. The second-order valence-corrected chi connectivity index (χ2v) is 7.07. The molecule has 28 heavy (non-hydrogen) atoms. The van der Waals surface area contributed by atoms with Crippen molar-refractivity contribution in [1.82, 2.24) is 9.97 Å². The maximum absolute atomic E-state index is 12.9. The van der Waals surface area contributed by atoms with E-state index in [-0.39, 0.29) is 23.9 Å². The van der Waals surface area contributed by atoms with E-state index in [1.165, 1.54) is 12.3 Å². The molecule has 150 valence electrons. The zero-order chi connectivity index (χ0) is 20.3. The lowest BCUT2D eigenvalue weighted by Gasteiger charge is -2.32. The van der Waals surface area contributed by atoms with E-state index in [0.717, 1.165) is 43.9 Å². The first-order valence-corrected chi connectivity index (χ1v) is 9.02. The van der Waals surface area contributed by atoms with Crippen LogP contribution in [0, 0.1) is 12.8 Å². The van der Waals surface area contributed by atoms with Gasteiger partial charge in [0.05, 0.1) is 18.0 Å². The Hall–Kier alpha value is -2.84. The Labute approximate surface area is 161 Å². The number of nitrogens with zero attached hydrogens (tertiary/aromatic N) is 3. The van der Waals surface area contributed by atoms with Gasteiger partial charge in [-0.1, -0.05) is 0 Å². The number of benzene rings is 1. The number of nitrogen functional groups attached to an aromatic ring is 1. The van der Waals surface area contributed by atoms with Crippen LogP contribution in [0.1, 0.15) is 30.4 Å². The smallest absolute Gasteiger partial charge is 0.382 e. The van der Waals surface area contributed by atoms with E-state index in [2.05, 4.69) is 20.2 Å². The van der Waals surface area contributed by atoms with Gasteiger partial charge in [-0.3, -0.25) is 4.79 Å². The summed E-state index contributed by atoms with van der Waals surface area (Å²) in [5.74, 6) is 1.01. The predicted octanol–water partition coefficient (Wildman–Crippen LogP) is 3.63. The molecule has 3 rings (SSSR count). The fourth-order valence-corrected chi connectivity index (χ4v) is 3.35. The Morgan fingerprint density at radius 3 is 2.54 bits per heavy atom. The van der Waals surface area contributed by atoms with Gasteiger partial charge in [0.25, 0.3) is 0 Å². The normalized spacial score (nSPS) is 15.5. The number of nitrogens with two attached hydrogens (primary N) is 1. The summed E-state index contributed by atoms with van der Waals surface area (Å²) >= 11 is 0. The third-order valence-electron chi connectivity index (χ3n) is 4.76. The highest BCUT2D eigenvalue weighted by Gasteiger charge is 2.31. The van der Waals surface area contributed by atoms with Crippen LogP contribution in [0.15, 0.2) is 30.6 Å². The third kappa shape index (κ3) is 5.11. The van der Waals surface area contributed by atoms with Crippen molar-refractivity contribution in [2.24, 2.45) is 5.92 Å². The third-order valence-corrected chi connectivity index (χ3v) is 4.76. The molecule has 1 aromatic carbocycles. The molecular weight excluding hydrogens is 371 g/mol. The first-order chi connectivity index (χ1) is 13.2. The summed E-state index contributed by atoms with van der Waals surface area (Å²) in [5.41, 5.74) is 5.40. The first-order valence-electron chi connectivity index (χ1n) is 9.02. The van der Waals surface area contributed by atoms with Gasteiger partial charge in [0.1, 0.15) is 11.6 Å². The van der Waals surface area contributed by atoms with E-state index in [1.807, 2.05) is 0 Å². The Balaban J connectivity index is 1.54. The van der Waals surface area contributed by atoms with Gasteiger partial charge >= 0.3 is 6.18 Å². The lowest BCUT2D eigenvalue weighted by atomic mass is 9.93. The van der Waals surface area contributed by atoms with Gasteiger partial charge in [-0.05, 0) is 49.4 Å². The fraction of sp³-hybridized carbons (Fsp3) is 0.421. The van der Waals surface area contributed by atoms with Crippen LogP contribution in [0.2, 0.25) is 0 Å². The maximum Gasteiger partial charge on any atom is 0.416 e. The van der Waals surface area contributed by atoms with Crippen molar-refractivity contribution >= 4 is 23.2 Å². The molecule has 2 aromatic rings. The van der Waals surface area contributed by atoms with Crippen molar-refractivity contribution in [2.45, 2.75) is 32.4 Å². The molecule has 0 aliphatic carbocycles. The molecule has 9 heteroatoms. The number of hydrogen-bond acceptors (Lipinski definition) is 5. The molecule has 0 saturated carbocycles. The van der Waals surface area contributed by atoms with E-state index in [4.69, 9.17) is 5.73 Å². The van der Waals surface area contributed by atoms with Crippen LogP contribution in [0.4, 0.5) is 30.5 Å². The number of hydrogen-bond donors (Lipinski definition) is 2. The minimum atomic E-state index is -4.44. The average Bonchev–Trinajstić information content (AvgIpc) is 2.62. The van der Waals surface area contributed by atoms with Gasteiger partial charge in [-0.25, -0.2) is 9.97 Å². The van der Waals surface area contributed by atoms with Crippen molar-refractivity contribution in [2.75, 3.05) is 29.0 Å². The quantitative estimate of drug-likeness (QED) is 0.829. The molecule has 1 fully saturated rings. The van der Waals surface area contributed by atoms with Crippen LogP contribution in [-0.4, -0.2) is 29.0 Å². The van der Waals surface area contributed by atoms with Crippen LogP contribution >= 0.6 is 0 Å². The van der Waals surface area contributed by atoms with E-state index >= 15 is 0 Å². The van der Waals surface area contributed by atoms with Crippen LogP contribution in [0.25, 0.3) is 0 Å². The molecule has 0 bridgehead atoms. The van der Waals surface area contributed by atoms with Crippen molar-refractivity contribution in [3.05, 3.63) is 41.7 Å². The minimum Gasteiger partial charge on any atom is -0.382 e. The monoisotopic (exact) mass is 393 g/mol. The summed E-state index contributed by atoms with van der Waals surface area (Å²) in [6.07, 6.45) is 0.548. The van der Waals surface area contributed by atoms with Crippen LogP contribution in [-0.2, 0) is 11.0 Å². The van der Waals surface area contributed by atoms with Crippen molar-refractivity contribution < 1.29 is 18.0 Å². The Bertz CT molecular complexity index is 830. The zero-order valence-corrected chi connectivity index (χ0v) is 15.5. The van der Waals surface area contributed by atoms with Gasteiger partial charge in [0.15, 0.2) is 0 Å². The molecule has 1 aliphatic heterocycles. The van der Waals surface area contributed by atoms with Gasteiger partial charge in [0, 0.05) is 25.2 Å². The highest BCUT2D eigenvalue weighted by Crippen LogP contribution is 2.32. The number of aromatic nitrogens is 2. The van der Waals surface area contributed by atoms with Crippen molar-refractivity contribution in [3.8, 4) is 0 Å². The minimum absolute atomic E-state index is 0.171. The standard InChI is InChI=1S/C19H22F3N5O/c1-12-6-14(19(20,21)22)9-15(7-12)26-18(28)8-13-2-4-27(5-3-13)17-11-24-16(23)10-25-17/h6-7,9-11,13H,2-5,8H2,1H3,(H2,23,24)(H,26,28). The summed E-state index contributed by atoms with van der Waals surface area (Å²) < 4.78 is 38.8. The van der Waals surface area contributed by atoms with Crippen LogP contribution < -0.4 is 16.0 Å². The summed E-state index contributed by atoms with van der Waals surface area (Å²) in [7, 11) is 0. The Morgan fingerprint density at radius 1 is 1.21 bits per heavy atom.